The molecular weight excluding hydrogens is 476 g/mol. The minimum atomic E-state index is -2.00. The fourth-order valence-corrected chi connectivity index (χ4v) is 13.7. The molecule has 1 fully saturated rings. The van der Waals surface area contributed by atoms with Crippen molar-refractivity contribution in [3.63, 3.8) is 0 Å². The second-order valence-corrected chi connectivity index (χ2v) is 17.3. The number of ether oxygens (including phenoxy) is 2. The van der Waals surface area contributed by atoms with Crippen LogP contribution in [0.5, 0.6) is 5.75 Å². The highest BCUT2D eigenvalue weighted by Crippen LogP contribution is 2.45. The third-order valence-corrected chi connectivity index (χ3v) is 15.5. The SMILES string of the molecule is COc1cnc2c(ccn2[Si](C(C)C)(C(C)C)C(C)C)c1C(=O)[C@H]1CC[C@H](OCc2ccccc2)CC1. The zero-order chi connectivity index (χ0) is 26.7. The predicted octanol–water partition coefficient (Wildman–Crippen LogP) is 8.03. The zero-order valence-corrected chi connectivity index (χ0v) is 24.7. The van der Waals surface area contributed by atoms with Gasteiger partial charge in [0.2, 0.25) is 0 Å². The largest absolute Gasteiger partial charge is 0.494 e. The lowest BCUT2D eigenvalue weighted by molar-refractivity contribution is 0.00822. The smallest absolute Gasteiger partial charge is 0.171 e. The molecule has 4 rings (SSSR count). The van der Waals surface area contributed by atoms with Crippen LogP contribution in [0.2, 0.25) is 16.6 Å². The quantitative estimate of drug-likeness (QED) is 0.201. The van der Waals surface area contributed by atoms with Crippen molar-refractivity contribution in [1.29, 1.82) is 0 Å². The Morgan fingerprint density at radius 1 is 0.973 bits per heavy atom. The number of pyridine rings is 1. The third-order valence-electron chi connectivity index (χ3n) is 8.71. The Bertz CT molecular complexity index is 1170. The second kappa shape index (κ2) is 11.5. The minimum absolute atomic E-state index is 0.0123. The number of fused-ring (bicyclic) bond motifs is 1. The number of carbonyl (C=O) groups is 1. The van der Waals surface area contributed by atoms with E-state index in [0.29, 0.717) is 34.5 Å². The standard InChI is InChI=1S/C31H44N2O3Si/c1-21(2)37(22(3)4,23(5)6)33-18-17-27-29(28(35-7)19-32-31(27)33)30(34)25-13-15-26(16-14-25)36-20-24-11-9-8-10-12-24/h8-12,17-19,21-23,25-26H,13-16,20H2,1-7H3/t25-,26-. The Morgan fingerprint density at radius 2 is 1.59 bits per heavy atom. The van der Waals surface area contributed by atoms with Crippen LogP contribution in [-0.4, -0.2) is 36.4 Å². The number of rotatable bonds is 10. The maximum Gasteiger partial charge on any atom is 0.171 e. The summed E-state index contributed by atoms with van der Waals surface area (Å²) in [5, 5.41) is 0.936. The molecule has 200 valence electrons. The van der Waals surface area contributed by atoms with Gasteiger partial charge in [-0.15, -0.1) is 0 Å². The highest BCUT2D eigenvalue weighted by molar-refractivity contribution is 6.82. The van der Waals surface area contributed by atoms with E-state index in [9.17, 15) is 4.79 Å². The fourth-order valence-electron chi connectivity index (χ4n) is 7.11. The number of benzene rings is 1. The van der Waals surface area contributed by atoms with Crippen LogP contribution in [-0.2, 0) is 11.3 Å². The van der Waals surface area contributed by atoms with E-state index < -0.39 is 8.24 Å². The maximum absolute atomic E-state index is 14.0. The lowest BCUT2D eigenvalue weighted by Crippen LogP contribution is -2.51. The molecule has 0 bridgehead atoms. The highest BCUT2D eigenvalue weighted by Gasteiger charge is 2.46. The molecule has 0 saturated heterocycles. The normalized spacial score (nSPS) is 18.8. The number of methoxy groups -OCH3 is 1. The first-order chi connectivity index (χ1) is 17.7. The lowest BCUT2D eigenvalue weighted by Gasteiger charge is -2.44. The number of hydrogen-bond donors (Lipinski definition) is 0. The molecule has 0 spiro atoms. The third kappa shape index (κ3) is 5.15. The summed E-state index contributed by atoms with van der Waals surface area (Å²) in [6, 6.07) is 12.4. The summed E-state index contributed by atoms with van der Waals surface area (Å²) in [5.41, 5.74) is 4.45. The van der Waals surface area contributed by atoms with Crippen molar-refractivity contribution in [2.24, 2.45) is 5.92 Å². The molecule has 0 unspecified atom stereocenters. The van der Waals surface area contributed by atoms with E-state index in [1.807, 2.05) is 18.2 Å². The topological polar surface area (TPSA) is 53.4 Å². The molecule has 1 aromatic carbocycles. The zero-order valence-electron chi connectivity index (χ0n) is 23.7. The molecule has 1 aliphatic carbocycles. The van der Waals surface area contributed by atoms with E-state index >= 15 is 0 Å². The van der Waals surface area contributed by atoms with E-state index in [4.69, 9.17) is 14.5 Å². The summed E-state index contributed by atoms with van der Waals surface area (Å²) in [4.78, 5) is 18.9. The maximum atomic E-state index is 14.0. The Hall–Kier alpha value is -2.44. The van der Waals surface area contributed by atoms with Crippen LogP contribution in [0, 0.1) is 5.92 Å². The molecule has 37 heavy (non-hydrogen) atoms. The number of carbonyl (C=O) groups excluding carboxylic acids is 1. The van der Waals surface area contributed by atoms with Crippen molar-refractivity contribution < 1.29 is 14.3 Å². The highest BCUT2D eigenvalue weighted by atomic mass is 28.3. The lowest BCUT2D eigenvalue weighted by atomic mass is 9.82. The van der Waals surface area contributed by atoms with E-state index in [1.165, 1.54) is 5.56 Å². The number of aromatic nitrogens is 2. The van der Waals surface area contributed by atoms with Crippen LogP contribution in [0.1, 0.15) is 83.1 Å². The molecular formula is C31H44N2O3Si. The predicted molar refractivity (Wildman–Crippen MR) is 154 cm³/mol. The second-order valence-electron chi connectivity index (χ2n) is 11.6. The summed E-state index contributed by atoms with van der Waals surface area (Å²) >= 11 is 0. The van der Waals surface area contributed by atoms with Crippen LogP contribution in [0.25, 0.3) is 11.0 Å². The van der Waals surface area contributed by atoms with E-state index in [1.54, 1.807) is 13.3 Å². The van der Waals surface area contributed by atoms with Gasteiger partial charge in [0, 0.05) is 11.3 Å². The molecule has 0 atom stereocenters. The van der Waals surface area contributed by atoms with Gasteiger partial charge in [0.05, 0.1) is 31.6 Å². The molecule has 5 nitrogen and oxygen atoms in total. The number of hydrogen-bond acceptors (Lipinski definition) is 4. The van der Waals surface area contributed by atoms with Gasteiger partial charge < -0.3 is 13.7 Å². The Morgan fingerprint density at radius 3 is 2.16 bits per heavy atom. The van der Waals surface area contributed by atoms with Crippen molar-refractivity contribution in [2.75, 3.05) is 7.11 Å². The van der Waals surface area contributed by atoms with Gasteiger partial charge in [-0.1, -0.05) is 71.9 Å². The summed E-state index contributed by atoms with van der Waals surface area (Å²) in [6.07, 6.45) is 7.67. The van der Waals surface area contributed by atoms with E-state index in [2.05, 4.69) is 70.2 Å². The molecule has 1 saturated carbocycles. The first kappa shape index (κ1) is 27.6. The van der Waals surface area contributed by atoms with Gasteiger partial charge in [0.25, 0.3) is 0 Å². The minimum Gasteiger partial charge on any atom is -0.494 e. The van der Waals surface area contributed by atoms with Gasteiger partial charge >= 0.3 is 0 Å². The molecule has 6 heteroatoms. The fraction of sp³-hybridized carbons (Fsp3) is 0.548. The van der Waals surface area contributed by atoms with Crippen molar-refractivity contribution in [1.82, 2.24) is 9.22 Å². The van der Waals surface area contributed by atoms with Crippen LogP contribution in [0.4, 0.5) is 0 Å². The molecule has 2 aromatic heterocycles. The van der Waals surface area contributed by atoms with E-state index in [-0.39, 0.29) is 17.8 Å². The number of nitrogens with zero attached hydrogens (tertiary/aromatic N) is 2. The summed E-state index contributed by atoms with van der Waals surface area (Å²) in [7, 11) is -0.362. The molecule has 0 amide bonds. The van der Waals surface area contributed by atoms with Gasteiger partial charge in [-0.05, 0) is 60.1 Å². The Balaban J connectivity index is 1.60. The molecule has 2 heterocycles. The average molecular weight is 521 g/mol. The van der Waals surface area contributed by atoms with Crippen molar-refractivity contribution in [3.8, 4) is 5.75 Å². The first-order valence-electron chi connectivity index (χ1n) is 14.0. The monoisotopic (exact) mass is 520 g/mol. The summed E-state index contributed by atoms with van der Waals surface area (Å²) in [5.74, 6) is 0.764. The molecule has 0 radical (unpaired) electrons. The first-order valence-corrected chi connectivity index (χ1v) is 16.1. The number of Topliss-reactive ketones (excluding diaryl/α,β-unsaturated/α-hetero) is 1. The van der Waals surface area contributed by atoms with Crippen LogP contribution >= 0.6 is 0 Å². The molecule has 3 aromatic rings. The van der Waals surface area contributed by atoms with Gasteiger partial charge in [-0.25, -0.2) is 4.98 Å². The van der Waals surface area contributed by atoms with Crippen LogP contribution in [0.3, 0.4) is 0 Å². The van der Waals surface area contributed by atoms with E-state index in [0.717, 1.165) is 36.7 Å². The summed E-state index contributed by atoms with van der Waals surface area (Å²) in [6.45, 7) is 14.7. The average Bonchev–Trinajstić information content (AvgIpc) is 3.31. The molecule has 0 aliphatic heterocycles. The molecule has 1 aliphatic rings. The number of ketones is 1. The summed E-state index contributed by atoms with van der Waals surface area (Å²) < 4.78 is 14.4. The Kier molecular flexibility index (Phi) is 8.59. The Labute approximate surface area is 223 Å². The van der Waals surface area contributed by atoms with Gasteiger partial charge in [-0.2, -0.15) is 0 Å². The van der Waals surface area contributed by atoms with Crippen molar-refractivity contribution in [2.45, 2.75) is 96.6 Å². The van der Waals surface area contributed by atoms with Gasteiger partial charge in [0.15, 0.2) is 14.0 Å². The van der Waals surface area contributed by atoms with Crippen molar-refractivity contribution >= 4 is 25.1 Å². The molecule has 0 N–H and O–H groups in total. The van der Waals surface area contributed by atoms with Crippen LogP contribution < -0.4 is 4.74 Å². The van der Waals surface area contributed by atoms with Gasteiger partial charge in [0.1, 0.15) is 11.4 Å². The van der Waals surface area contributed by atoms with Crippen molar-refractivity contribution in [3.05, 3.63) is 59.9 Å². The van der Waals surface area contributed by atoms with Gasteiger partial charge in [-0.3, -0.25) is 4.79 Å². The van der Waals surface area contributed by atoms with Crippen LogP contribution in [0.15, 0.2) is 48.8 Å².